The Kier molecular flexibility index (Phi) is 14.4. The molecule has 2 bridgehead atoms. The summed E-state index contributed by atoms with van der Waals surface area (Å²) >= 11 is 6.82. The van der Waals surface area contributed by atoms with E-state index in [9.17, 15) is 25.1 Å². The number of piperidine rings is 1. The van der Waals surface area contributed by atoms with Gasteiger partial charge in [0.25, 0.3) is 5.91 Å². The summed E-state index contributed by atoms with van der Waals surface area (Å²) in [6.07, 6.45) is 3.95. The van der Waals surface area contributed by atoms with Gasteiger partial charge in [0.15, 0.2) is 0 Å². The number of carboxylic acids is 1. The Morgan fingerprint density at radius 1 is 0.982 bits per heavy atom. The Morgan fingerprint density at radius 2 is 1.75 bits per heavy atom. The number of nitriles is 1. The molecule has 1 saturated heterocycles. The topological polar surface area (TPSA) is 153 Å². The zero-order valence-corrected chi connectivity index (χ0v) is 33.4. The number of aliphatic hydroxyl groups excluding tert-OH is 1. The highest BCUT2D eigenvalue weighted by Gasteiger charge is 2.21. The van der Waals surface area contributed by atoms with Gasteiger partial charge >= 0.3 is 5.97 Å². The van der Waals surface area contributed by atoms with Crippen molar-refractivity contribution in [3.8, 4) is 34.4 Å². The van der Waals surface area contributed by atoms with Gasteiger partial charge in [-0.1, -0.05) is 41.9 Å². The first-order chi connectivity index (χ1) is 27.6. The molecule has 6 rings (SSSR count). The molecule has 0 radical (unpaired) electrons. The van der Waals surface area contributed by atoms with Crippen molar-refractivity contribution in [2.45, 2.75) is 84.3 Å². The van der Waals surface area contributed by atoms with Crippen LogP contribution in [0.5, 0.6) is 17.2 Å². The van der Waals surface area contributed by atoms with Gasteiger partial charge < -0.3 is 40.0 Å². The summed E-state index contributed by atoms with van der Waals surface area (Å²) in [5.74, 6) is 0.398. The fourth-order valence-electron chi connectivity index (χ4n) is 7.38. The first-order valence-electron chi connectivity index (χ1n) is 19.7. The smallest absolute Gasteiger partial charge is 0.320 e. The van der Waals surface area contributed by atoms with Crippen LogP contribution < -0.4 is 24.8 Å². The van der Waals surface area contributed by atoms with E-state index in [-0.39, 0.29) is 31.8 Å². The minimum Gasteiger partial charge on any atom is -0.493 e. The average molecular weight is 795 g/mol. The molecule has 2 heterocycles. The van der Waals surface area contributed by atoms with Gasteiger partial charge in [-0.2, -0.15) is 5.26 Å². The number of amides is 1. The van der Waals surface area contributed by atoms with Gasteiger partial charge in [0.05, 0.1) is 29.4 Å². The van der Waals surface area contributed by atoms with E-state index in [1.165, 1.54) is 0 Å². The van der Waals surface area contributed by atoms with Gasteiger partial charge in [-0.05, 0) is 116 Å². The highest BCUT2D eigenvalue weighted by atomic mass is 35.5. The first kappa shape index (κ1) is 41.5. The lowest BCUT2D eigenvalue weighted by Crippen LogP contribution is -2.36. The van der Waals surface area contributed by atoms with Crippen LogP contribution in [0.4, 0.5) is 0 Å². The molecule has 11 nitrogen and oxygen atoms in total. The maximum absolute atomic E-state index is 12.9. The van der Waals surface area contributed by atoms with Gasteiger partial charge in [0.1, 0.15) is 36.5 Å². The van der Waals surface area contributed by atoms with E-state index in [1.807, 2.05) is 24.3 Å². The van der Waals surface area contributed by atoms with Crippen LogP contribution in [0.25, 0.3) is 11.1 Å². The van der Waals surface area contributed by atoms with E-state index in [4.69, 9.17) is 25.8 Å². The number of rotatable bonds is 10. The minimum atomic E-state index is -0.967. The second-order valence-electron chi connectivity index (χ2n) is 14.8. The number of nitrogens with zero attached hydrogens (tertiary/aromatic N) is 2. The number of nitrogens with one attached hydrogen (secondary N) is 2. The molecule has 12 heteroatoms. The van der Waals surface area contributed by atoms with E-state index < -0.39 is 12.0 Å². The maximum atomic E-state index is 12.9. The molecule has 2 aliphatic rings. The third-order valence-electron chi connectivity index (χ3n) is 10.8. The number of likely N-dealkylation sites (tertiary alicyclic amines) is 1. The molecule has 4 aromatic rings. The molecule has 1 fully saturated rings. The summed E-state index contributed by atoms with van der Waals surface area (Å²) in [6.45, 7) is 8.40. The van der Waals surface area contributed by atoms with Crippen molar-refractivity contribution in [2.75, 3.05) is 32.8 Å². The van der Waals surface area contributed by atoms with Gasteiger partial charge in [0.2, 0.25) is 0 Å². The summed E-state index contributed by atoms with van der Waals surface area (Å²) in [5.41, 5.74) is 7.20. The second-order valence-corrected chi connectivity index (χ2v) is 15.2. The van der Waals surface area contributed by atoms with E-state index in [2.05, 4.69) is 47.6 Å². The zero-order chi connectivity index (χ0) is 40.3. The van der Waals surface area contributed by atoms with Gasteiger partial charge in [-0.15, -0.1) is 0 Å². The fraction of sp³-hybridized carbons (Fsp3) is 0.400. The predicted molar refractivity (Wildman–Crippen MR) is 219 cm³/mol. The van der Waals surface area contributed by atoms with Crippen molar-refractivity contribution in [1.29, 1.82) is 5.26 Å². The standard InChI is InChI=1S/C45H51ClN4O7/c1-29-33(8-5-9-37(29)38-10-6-12-41(30(38)2)55-19-7-16-50-17-13-36(51)14-18-50)28-57-43-24-42-35(23-39(43)46)26-49-40(45(53)54)11-3-4-15-48-44(52)34-21-31(25-47)20-32(22-34)27-56-42/h5-6,8-10,12,20-24,36,40,49,51H,3-4,7,11,13-19,26-28H2,1-2H3,(H,48,52)(H,53,54)/t40-/m0/s1. The number of aliphatic hydroxyl groups is 1. The van der Waals surface area contributed by atoms with Crippen LogP contribution in [0, 0.1) is 25.2 Å². The number of carboxylic acid groups (broad SMARTS) is 1. The quantitative estimate of drug-likeness (QED) is 0.120. The molecule has 57 heavy (non-hydrogen) atoms. The number of hydrogen-bond acceptors (Lipinski definition) is 9. The first-order valence-corrected chi connectivity index (χ1v) is 20.1. The number of fused-ring (bicyclic) bond motifs is 3. The number of hydrogen-bond donors (Lipinski definition) is 4. The van der Waals surface area contributed by atoms with Gasteiger partial charge in [-0.25, -0.2) is 0 Å². The highest BCUT2D eigenvalue weighted by Crippen LogP contribution is 2.36. The molecule has 2 aliphatic heterocycles. The lowest BCUT2D eigenvalue weighted by atomic mass is 9.93. The van der Waals surface area contributed by atoms with Gasteiger partial charge in [0, 0.05) is 49.9 Å². The Bertz CT molecular complexity index is 2090. The summed E-state index contributed by atoms with van der Waals surface area (Å²) in [6, 6.07) is 21.9. The van der Waals surface area contributed by atoms with Crippen LogP contribution in [0.2, 0.25) is 5.02 Å². The Morgan fingerprint density at radius 3 is 2.53 bits per heavy atom. The van der Waals surface area contributed by atoms with E-state index in [0.717, 1.165) is 72.5 Å². The summed E-state index contributed by atoms with van der Waals surface area (Å²) in [7, 11) is 0. The summed E-state index contributed by atoms with van der Waals surface area (Å²) in [4.78, 5) is 27.4. The zero-order valence-electron chi connectivity index (χ0n) is 32.6. The van der Waals surface area contributed by atoms with Crippen molar-refractivity contribution in [3.05, 3.63) is 111 Å². The second kappa shape index (κ2) is 19.8. The molecular weight excluding hydrogens is 744 g/mol. The molecule has 0 saturated carbocycles. The molecule has 0 aromatic heterocycles. The third kappa shape index (κ3) is 11.1. The van der Waals surface area contributed by atoms with E-state index >= 15 is 0 Å². The largest absolute Gasteiger partial charge is 0.493 e. The lowest BCUT2D eigenvalue weighted by Gasteiger charge is -2.29. The number of carbonyl (C=O) groups excluding carboxylic acids is 1. The summed E-state index contributed by atoms with van der Waals surface area (Å²) in [5, 5.41) is 35.7. The van der Waals surface area contributed by atoms with Crippen LogP contribution in [-0.4, -0.2) is 71.9 Å². The molecule has 0 unspecified atom stereocenters. The van der Waals surface area contributed by atoms with Crippen molar-refractivity contribution >= 4 is 23.5 Å². The molecule has 4 N–H and O–H groups in total. The fourth-order valence-corrected chi connectivity index (χ4v) is 7.62. The predicted octanol–water partition coefficient (Wildman–Crippen LogP) is 7.34. The van der Waals surface area contributed by atoms with Crippen LogP contribution in [0.15, 0.2) is 66.7 Å². The van der Waals surface area contributed by atoms with Crippen LogP contribution in [0.3, 0.4) is 0 Å². The van der Waals surface area contributed by atoms with Crippen LogP contribution in [-0.2, 0) is 24.6 Å². The van der Waals surface area contributed by atoms with E-state index in [1.54, 1.807) is 30.3 Å². The lowest BCUT2D eigenvalue weighted by molar-refractivity contribution is -0.139. The molecular formula is C45H51ClN4O7. The number of aliphatic carboxylic acids is 1. The monoisotopic (exact) mass is 794 g/mol. The van der Waals surface area contributed by atoms with Crippen LogP contribution in [0.1, 0.15) is 82.3 Å². The Labute approximate surface area is 339 Å². The summed E-state index contributed by atoms with van der Waals surface area (Å²) < 4.78 is 18.9. The highest BCUT2D eigenvalue weighted by molar-refractivity contribution is 6.32. The van der Waals surface area contributed by atoms with E-state index in [0.29, 0.717) is 71.2 Å². The number of ether oxygens (including phenoxy) is 3. The van der Waals surface area contributed by atoms with Gasteiger partial charge in [-0.3, -0.25) is 9.59 Å². The molecule has 300 valence electrons. The molecule has 4 aromatic carbocycles. The Hall–Kier alpha value is -5.12. The molecule has 1 amide bonds. The molecule has 0 spiro atoms. The third-order valence-corrected chi connectivity index (χ3v) is 11.1. The number of carbonyl (C=O) groups is 2. The molecule has 1 atom stereocenters. The van der Waals surface area contributed by atoms with Crippen molar-refractivity contribution in [1.82, 2.24) is 15.5 Å². The normalized spacial score (nSPS) is 17.1. The minimum absolute atomic E-state index is 0.0406. The number of benzene rings is 4. The van der Waals surface area contributed by atoms with Crippen LogP contribution >= 0.6 is 11.6 Å². The Balaban J connectivity index is 1.19. The molecule has 0 aliphatic carbocycles. The maximum Gasteiger partial charge on any atom is 0.320 e. The van der Waals surface area contributed by atoms with Crippen molar-refractivity contribution < 1.29 is 34.0 Å². The SMILES string of the molecule is Cc1c(COc2cc3c(cc2Cl)CN[C@H](C(=O)O)CCCCNC(=O)c2cc(C#N)cc(c2)CO3)cccc1-c1cccc(OCCCN2CCC(O)CC2)c1C. The average Bonchev–Trinajstić information content (AvgIpc) is 3.20. The van der Waals surface area contributed by atoms with Crippen molar-refractivity contribution in [2.24, 2.45) is 0 Å². The van der Waals surface area contributed by atoms with Crippen molar-refractivity contribution in [3.63, 3.8) is 0 Å². The number of halogens is 1.